The molecule has 0 bridgehead atoms. The van der Waals surface area contributed by atoms with Crippen LogP contribution in [0.4, 0.5) is 0 Å². The van der Waals surface area contributed by atoms with Crippen LogP contribution in [0.3, 0.4) is 0 Å². The van der Waals surface area contributed by atoms with Gasteiger partial charge in [0.05, 0.1) is 0 Å². The summed E-state index contributed by atoms with van der Waals surface area (Å²) in [5.74, 6) is -0.233. The number of rotatable bonds is 3. The summed E-state index contributed by atoms with van der Waals surface area (Å²) in [6.07, 6.45) is 3.49. The van der Waals surface area contributed by atoms with Crippen molar-refractivity contribution in [2.75, 3.05) is 0 Å². The van der Waals surface area contributed by atoms with Crippen LogP contribution < -0.4 is 11.1 Å². The minimum Gasteiger partial charge on any atom is -0.365 e. The summed E-state index contributed by atoms with van der Waals surface area (Å²) in [5, 5.41) is 2.10. The van der Waals surface area contributed by atoms with Gasteiger partial charge in [-0.2, -0.15) is 0 Å². The van der Waals surface area contributed by atoms with E-state index in [-0.39, 0.29) is 11.9 Å². The van der Waals surface area contributed by atoms with Gasteiger partial charge in [-0.15, -0.1) is 0 Å². The largest absolute Gasteiger partial charge is 0.365 e. The van der Waals surface area contributed by atoms with Crippen LogP contribution in [-0.2, 0) is 11.2 Å². The van der Waals surface area contributed by atoms with Gasteiger partial charge in [0.15, 0.2) is 6.04 Å². The maximum absolute atomic E-state index is 11.1. The summed E-state index contributed by atoms with van der Waals surface area (Å²) >= 11 is 0. The number of carbonyl (C=O) groups is 1. The fraction of sp³-hybridized carbons (Fsp3) is 0.462. The highest BCUT2D eigenvalue weighted by molar-refractivity contribution is 5.77. The van der Waals surface area contributed by atoms with Gasteiger partial charge in [0.1, 0.15) is 6.04 Å². The summed E-state index contributed by atoms with van der Waals surface area (Å²) in [6, 6.07) is 8.76. The van der Waals surface area contributed by atoms with Crippen molar-refractivity contribution < 1.29 is 10.1 Å². The zero-order valence-corrected chi connectivity index (χ0v) is 9.65. The third-order valence-corrected chi connectivity index (χ3v) is 3.39. The van der Waals surface area contributed by atoms with E-state index in [2.05, 4.69) is 29.6 Å². The van der Waals surface area contributed by atoms with Crippen LogP contribution in [0.1, 0.15) is 36.9 Å². The number of benzene rings is 1. The van der Waals surface area contributed by atoms with Crippen molar-refractivity contribution in [1.29, 1.82) is 0 Å². The van der Waals surface area contributed by atoms with Gasteiger partial charge >= 0.3 is 0 Å². The highest BCUT2D eigenvalue weighted by Crippen LogP contribution is 2.26. The summed E-state index contributed by atoms with van der Waals surface area (Å²) < 4.78 is 0. The summed E-state index contributed by atoms with van der Waals surface area (Å²) in [5.41, 5.74) is 8.10. The molecule has 3 heteroatoms. The molecule has 1 aliphatic rings. The van der Waals surface area contributed by atoms with Crippen molar-refractivity contribution in [2.45, 2.75) is 38.3 Å². The van der Waals surface area contributed by atoms with E-state index in [1.54, 1.807) is 0 Å². The smallest absolute Gasteiger partial charge is 0.275 e. The first-order chi connectivity index (χ1) is 7.68. The molecule has 0 aliphatic heterocycles. The number of fused-ring (bicyclic) bond motifs is 1. The van der Waals surface area contributed by atoms with E-state index >= 15 is 0 Å². The standard InChI is InChI=1S/C13H18N2O/c1-9(13(14)16)15-12-8-4-6-10-5-2-3-7-11(10)12/h2-3,5,7,9,12,15H,4,6,8H2,1H3,(H2,14,16)/p+1/t9-,12-/m1/s1. The lowest BCUT2D eigenvalue weighted by Crippen LogP contribution is -2.92. The quantitative estimate of drug-likeness (QED) is 0.764. The Kier molecular flexibility index (Phi) is 3.25. The average molecular weight is 219 g/mol. The number of quaternary nitrogens is 1. The lowest BCUT2D eigenvalue weighted by Gasteiger charge is -2.25. The molecule has 0 saturated carbocycles. The lowest BCUT2D eigenvalue weighted by atomic mass is 9.87. The first kappa shape index (κ1) is 11.1. The van der Waals surface area contributed by atoms with E-state index < -0.39 is 0 Å². The van der Waals surface area contributed by atoms with Crippen LogP contribution in [0.5, 0.6) is 0 Å². The van der Waals surface area contributed by atoms with Crippen LogP contribution in [0.2, 0.25) is 0 Å². The Morgan fingerprint density at radius 1 is 1.50 bits per heavy atom. The van der Waals surface area contributed by atoms with Gasteiger partial charge in [-0.1, -0.05) is 24.3 Å². The van der Waals surface area contributed by atoms with Crippen LogP contribution in [-0.4, -0.2) is 11.9 Å². The maximum atomic E-state index is 11.1. The number of hydrogen-bond acceptors (Lipinski definition) is 1. The molecular formula is C13H19N2O+. The van der Waals surface area contributed by atoms with Crippen LogP contribution >= 0.6 is 0 Å². The van der Waals surface area contributed by atoms with Crippen LogP contribution in [0.25, 0.3) is 0 Å². The Bertz CT molecular complexity index is 389. The molecule has 4 N–H and O–H groups in total. The zero-order valence-electron chi connectivity index (χ0n) is 9.65. The molecule has 0 aromatic heterocycles. The monoisotopic (exact) mass is 219 g/mol. The molecule has 0 spiro atoms. The van der Waals surface area contributed by atoms with E-state index in [1.165, 1.54) is 17.5 Å². The van der Waals surface area contributed by atoms with E-state index in [4.69, 9.17) is 5.73 Å². The molecule has 0 fully saturated rings. The molecular weight excluding hydrogens is 200 g/mol. The topological polar surface area (TPSA) is 59.7 Å². The van der Waals surface area contributed by atoms with Crippen molar-refractivity contribution in [3.63, 3.8) is 0 Å². The second-order valence-corrected chi connectivity index (χ2v) is 4.58. The van der Waals surface area contributed by atoms with E-state index in [0.29, 0.717) is 6.04 Å². The molecule has 1 amide bonds. The summed E-state index contributed by atoms with van der Waals surface area (Å²) in [4.78, 5) is 11.1. The van der Waals surface area contributed by atoms with E-state index in [9.17, 15) is 4.79 Å². The molecule has 86 valence electrons. The van der Waals surface area contributed by atoms with E-state index in [1.807, 2.05) is 6.92 Å². The molecule has 2 atom stereocenters. The van der Waals surface area contributed by atoms with Crippen molar-refractivity contribution >= 4 is 5.91 Å². The fourth-order valence-corrected chi connectivity index (χ4v) is 2.43. The molecule has 16 heavy (non-hydrogen) atoms. The number of carbonyl (C=O) groups excluding carboxylic acids is 1. The number of primary amides is 1. The number of nitrogens with two attached hydrogens (primary N) is 2. The Balaban J connectivity index is 2.16. The van der Waals surface area contributed by atoms with Crippen LogP contribution in [0, 0.1) is 0 Å². The van der Waals surface area contributed by atoms with Crippen molar-refractivity contribution in [1.82, 2.24) is 0 Å². The van der Waals surface area contributed by atoms with Gasteiger partial charge in [-0.25, -0.2) is 0 Å². The first-order valence-electron chi connectivity index (χ1n) is 5.90. The summed E-state index contributed by atoms with van der Waals surface area (Å²) in [6.45, 7) is 1.87. The molecule has 3 nitrogen and oxygen atoms in total. The SMILES string of the molecule is C[C@@H]([NH2+][C@@H]1CCCc2ccccc21)C(N)=O. The average Bonchev–Trinajstić information content (AvgIpc) is 2.29. The number of amides is 1. The normalized spacial score (nSPS) is 21.2. The van der Waals surface area contributed by atoms with Gasteiger partial charge in [0.2, 0.25) is 0 Å². The predicted molar refractivity (Wildman–Crippen MR) is 62.7 cm³/mol. The molecule has 0 radical (unpaired) electrons. The minimum atomic E-state index is -0.233. The van der Waals surface area contributed by atoms with Gasteiger partial charge in [-0.3, -0.25) is 4.79 Å². The third-order valence-electron chi connectivity index (χ3n) is 3.39. The van der Waals surface area contributed by atoms with Crippen molar-refractivity contribution in [2.24, 2.45) is 5.73 Å². The van der Waals surface area contributed by atoms with Crippen molar-refractivity contribution in [3.8, 4) is 0 Å². The first-order valence-corrected chi connectivity index (χ1v) is 5.90. The highest BCUT2D eigenvalue weighted by atomic mass is 16.1. The van der Waals surface area contributed by atoms with Crippen LogP contribution in [0.15, 0.2) is 24.3 Å². The minimum absolute atomic E-state index is 0.142. The van der Waals surface area contributed by atoms with E-state index in [0.717, 1.165) is 12.8 Å². The van der Waals surface area contributed by atoms with Gasteiger partial charge < -0.3 is 11.1 Å². The highest BCUT2D eigenvalue weighted by Gasteiger charge is 2.25. The van der Waals surface area contributed by atoms with Gasteiger partial charge in [-0.05, 0) is 25.3 Å². The Labute approximate surface area is 96.0 Å². The molecule has 1 aromatic carbocycles. The fourth-order valence-electron chi connectivity index (χ4n) is 2.43. The molecule has 0 unspecified atom stereocenters. The van der Waals surface area contributed by atoms with Gasteiger partial charge in [0.25, 0.3) is 5.91 Å². The third kappa shape index (κ3) is 2.25. The molecule has 1 aliphatic carbocycles. The second kappa shape index (κ2) is 4.66. The molecule has 2 rings (SSSR count). The summed E-state index contributed by atoms with van der Waals surface area (Å²) in [7, 11) is 0. The number of hydrogen-bond donors (Lipinski definition) is 2. The Hall–Kier alpha value is -1.35. The molecule has 0 saturated heterocycles. The predicted octanol–water partition coefficient (Wildman–Crippen LogP) is 0.501. The lowest BCUT2D eigenvalue weighted by molar-refractivity contribution is -0.714. The van der Waals surface area contributed by atoms with Gasteiger partial charge in [0, 0.05) is 12.0 Å². The molecule has 0 heterocycles. The Morgan fingerprint density at radius 2 is 2.25 bits per heavy atom. The Morgan fingerprint density at radius 3 is 3.00 bits per heavy atom. The maximum Gasteiger partial charge on any atom is 0.275 e. The molecule has 1 aromatic rings. The van der Waals surface area contributed by atoms with Crippen molar-refractivity contribution in [3.05, 3.63) is 35.4 Å². The number of aryl methyl sites for hydroxylation is 1. The zero-order chi connectivity index (χ0) is 11.5. The second-order valence-electron chi connectivity index (χ2n) is 4.58.